The van der Waals surface area contributed by atoms with Crippen molar-refractivity contribution in [2.24, 2.45) is 5.41 Å². The van der Waals surface area contributed by atoms with Gasteiger partial charge in [0.05, 0.1) is 0 Å². The summed E-state index contributed by atoms with van der Waals surface area (Å²) in [7, 11) is 0. The van der Waals surface area contributed by atoms with Crippen LogP contribution in [0, 0.1) is 12.3 Å². The van der Waals surface area contributed by atoms with Gasteiger partial charge in [-0.1, -0.05) is 58.7 Å². The normalized spacial score (nSPS) is 13.2. The highest BCUT2D eigenvalue weighted by atomic mass is 79.9. The quantitative estimate of drug-likeness (QED) is 0.742. The molecule has 0 heterocycles. The van der Waals surface area contributed by atoms with E-state index in [0.717, 1.165) is 22.0 Å². The third-order valence-electron chi connectivity index (χ3n) is 2.83. The fourth-order valence-corrected chi connectivity index (χ4v) is 3.39. The number of carbonyl (C=O) groups excluding carboxylic acids is 1. The first-order valence-corrected chi connectivity index (χ1v) is 8.09. The van der Waals surface area contributed by atoms with Gasteiger partial charge in [-0.3, -0.25) is 4.79 Å². The summed E-state index contributed by atoms with van der Waals surface area (Å²) in [5.41, 5.74) is 1.96. The van der Waals surface area contributed by atoms with Crippen LogP contribution < -0.4 is 5.32 Å². The molecule has 1 N–H and O–H groups in total. The smallest absolute Gasteiger partial charge is 0.251 e. The minimum atomic E-state index is -0.0165. The van der Waals surface area contributed by atoms with Crippen LogP contribution in [0.5, 0.6) is 0 Å². The monoisotopic (exact) mass is 389 g/mol. The van der Waals surface area contributed by atoms with Crippen LogP contribution >= 0.6 is 31.9 Å². The van der Waals surface area contributed by atoms with Gasteiger partial charge in [0, 0.05) is 21.4 Å². The van der Waals surface area contributed by atoms with E-state index in [2.05, 4.69) is 57.9 Å². The Labute approximate surface area is 132 Å². The van der Waals surface area contributed by atoms with Gasteiger partial charge in [-0.25, -0.2) is 0 Å². The maximum absolute atomic E-state index is 12.1. The molecule has 1 unspecified atom stereocenters. The summed E-state index contributed by atoms with van der Waals surface area (Å²) in [6, 6.07) is 5.67. The number of alkyl halides is 1. The number of nitrogens with one attached hydrogen (secondary N) is 1. The van der Waals surface area contributed by atoms with Gasteiger partial charge in [-0.05, 0) is 36.5 Å². The second-order valence-corrected chi connectivity index (χ2v) is 8.13. The molecule has 0 saturated heterocycles. The zero-order chi connectivity index (χ0) is 14.6. The molecule has 0 saturated carbocycles. The van der Waals surface area contributed by atoms with Crippen LogP contribution in [0.1, 0.15) is 43.1 Å². The van der Waals surface area contributed by atoms with Gasteiger partial charge >= 0.3 is 0 Å². The zero-order valence-corrected chi connectivity index (χ0v) is 15.1. The molecule has 106 valence electrons. The third-order valence-corrected chi connectivity index (χ3v) is 4.34. The van der Waals surface area contributed by atoms with Gasteiger partial charge in [0.1, 0.15) is 0 Å². The molecule has 0 spiro atoms. The molecule has 0 radical (unpaired) electrons. The number of hydrogen-bond donors (Lipinski definition) is 1. The van der Waals surface area contributed by atoms with E-state index in [0.29, 0.717) is 11.4 Å². The van der Waals surface area contributed by atoms with Crippen molar-refractivity contribution in [3.63, 3.8) is 0 Å². The molecule has 0 aliphatic rings. The number of benzene rings is 1. The number of amides is 1. The maximum Gasteiger partial charge on any atom is 0.251 e. The van der Waals surface area contributed by atoms with Gasteiger partial charge in [0.15, 0.2) is 0 Å². The van der Waals surface area contributed by atoms with E-state index in [1.807, 2.05) is 25.1 Å². The van der Waals surface area contributed by atoms with Gasteiger partial charge in [-0.2, -0.15) is 0 Å². The lowest BCUT2D eigenvalue weighted by atomic mass is 9.90. The van der Waals surface area contributed by atoms with E-state index in [4.69, 9.17) is 0 Å². The fraction of sp³-hybridized carbons (Fsp3) is 0.533. The predicted octanol–water partition coefficient (Wildman–Crippen LogP) is 4.69. The Hall–Kier alpha value is -0.350. The Kier molecular flexibility index (Phi) is 6.06. The molecule has 1 aromatic carbocycles. The molecular weight excluding hydrogens is 370 g/mol. The fourth-order valence-electron chi connectivity index (χ4n) is 1.89. The second-order valence-electron chi connectivity index (χ2n) is 5.98. The van der Waals surface area contributed by atoms with Crippen molar-refractivity contribution in [2.75, 3.05) is 6.54 Å². The van der Waals surface area contributed by atoms with Crippen molar-refractivity contribution in [3.05, 3.63) is 33.8 Å². The number of hydrogen-bond acceptors (Lipinski definition) is 1. The minimum absolute atomic E-state index is 0.0165. The first kappa shape index (κ1) is 16.7. The molecule has 0 aliphatic carbocycles. The Morgan fingerprint density at radius 3 is 2.58 bits per heavy atom. The maximum atomic E-state index is 12.1. The standard InChI is InChI=1S/C15H21Br2NO/c1-10-12(6-5-7-13(10)17)14(19)18-9-11(16)8-15(2,3)4/h5-7,11H,8-9H2,1-4H3,(H,18,19). The van der Waals surface area contributed by atoms with Crippen LogP contribution in [0.25, 0.3) is 0 Å². The molecule has 0 aliphatic heterocycles. The van der Waals surface area contributed by atoms with Crippen LogP contribution in [0.2, 0.25) is 0 Å². The number of halogens is 2. The first-order valence-electron chi connectivity index (χ1n) is 6.38. The average Bonchev–Trinajstić information content (AvgIpc) is 2.27. The molecular formula is C15H21Br2NO. The summed E-state index contributed by atoms with van der Waals surface area (Å²) in [6.07, 6.45) is 1.02. The van der Waals surface area contributed by atoms with Crippen molar-refractivity contribution in [1.29, 1.82) is 0 Å². The predicted molar refractivity (Wildman–Crippen MR) is 88.0 cm³/mol. The molecule has 19 heavy (non-hydrogen) atoms. The summed E-state index contributed by atoms with van der Waals surface area (Å²) < 4.78 is 0.963. The lowest BCUT2D eigenvalue weighted by Gasteiger charge is -2.22. The van der Waals surface area contributed by atoms with E-state index in [9.17, 15) is 4.79 Å². The highest BCUT2D eigenvalue weighted by molar-refractivity contribution is 9.10. The lowest BCUT2D eigenvalue weighted by molar-refractivity contribution is 0.0952. The van der Waals surface area contributed by atoms with Crippen molar-refractivity contribution < 1.29 is 4.79 Å². The topological polar surface area (TPSA) is 29.1 Å². The molecule has 2 nitrogen and oxygen atoms in total. The van der Waals surface area contributed by atoms with Crippen molar-refractivity contribution >= 4 is 37.8 Å². The van der Waals surface area contributed by atoms with Gasteiger partial charge in [0.2, 0.25) is 0 Å². The number of carbonyl (C=O) groups is 1. The highest BCUT2D eigenvalue weighted by Crippen LogP contribution is 2.24. The summed E-state index contributed by atoms with van der Waals surface area (Å²) in [4.78, 5) is 12.4. The molecule has 0 fully saturated rings. The Morgan fingerprint density at radius 1 is 1.37 bits per heavy atom. The van der Waals surface area contributed by atoms with E-state index in [1.54, 1.807) is 0 Å². The Morgan fingerprint density at radius 2 is 2.00 bits per heavy atom. The van der Waals surface area contributed by atoms with Crippen LogP contribution in [0.4, 0.5) is 0 Å². The first-order chi connectivity index (χ1) is 8.70. The minimum Gasteiger partial charge on any atom is -0.351 e. The van der Waals surface area contributed by atoms with E-state index >= 15 is 0 Å². The van der Waals surface area contributed by atoms with Crippen molar-refractivity contribution in [2.45, 2.75) is 38.9 Å². The molecule has 0 aromatic heterocycles. The largest absolute Gasteiger partial charge is 0.351 e. The van der Waals surface area contributed by atoms with Crippen LogP contribution in [-0.4, -0.2) is 17.3 Å². The summed E-state index contributed by atoms with van der Waals surface area (Å²) in [6.45, 7) is 9.17. The Balaban J connectivity index is 2.59. The van der Waals surface area contributed by atoms with E-state index in [1.165, 1.54) is 0 Å². The number of rotatable bonds is 4. The van der Waals surface area contributed by atoms with Crippen LogP contribution in [0.15, 0.2) is 22.7 Å². The molecule has 0 bridgehead atoms. The zero-order valence-electron chi connectivity index (χ0n) is 11.9. The molecule has 1 aromatic rings. The molecule has 1 amide bonds. The van der Waals surface area contributed by atoms with Gasteiger partial charge in [0.25, 0.3) is 5.91 Å². The Bertz CT molecular complexity index is 452. The van der Waals surface area contributed by atoms with Crippen molar-refractivity contribution in [1.82, 2.24) is 5.32 Å². The van der Waals surface area contributed by atoms with E-state index in [-0.39, 0.29) is 11.3 Å². The molecule has 1 atom stereocenters. The SMILES string of the molecule is Cc1c(Br)cccc1C(=O)NCC(Br)CC(C)(C)C. The van der Waals surface area contributed by atoms with Crippen LogP contribution in [-0.2, 0) is 0 Å². The van der Waals surface area contributed by atoms with E-state index < -0.39 is 0 Å². The van der Waals surface area contributed by atoms with Gasteiger partial charge < -0.3 is 5.32 Å². The summed E-state index contributed by atoms with van der Waals surface area (Å²) in [5, 5.41) is 2.98. The lowest BCUT2D eigenvalue weighted by Crippen LogP contribution is -2.31. The summed E-state index contributed by atoms with van der Waals surface area (Å²) in [5.74, 6) is -0.0165. The molecule has 4 heteroatoms. The highest BCUT2D eigenvalue weighted by Gasteiger charge is 2.18. The van der Waals surface area contributed by atoms with Gasteiger partial charge in [-0.15, -0.1) is 0 Å². The van der Waals surface area contributed by atoms with Crippen LogP contribution in [0.3, 0.4) is 0 Å². The molecule has 1 rings (SSSR count). The summed E-state index contributed by atoms with van der Waals surface area (Å²) >= 11 is 7.07. The van der Waals surface area contributed by atoms with Crippen molar-refractivity contribution in [3.8, 4) is 0 Å². The second kappa shape index (κ2) is 6.89. The average molecular weight is 391 g/mol. The third kappa shape index (κ3) is 5.65.